The van der Waals surface area contributed by atoms with Gasteiger partial charge in [-0.05, 0) is 65.7 Å². The molecule has 2 atom stereocenters. The molecule has 1 aliphatic carbocycles. The van der Waals surface area contributed by atoms with Crippen LogP contribution in [0.5, 0.6) is 0 Å². The van der Waals surface area contributed by atoms with Crippen LogP contribution in [-0.2, 0) is 9.47 Å². The van der Waals surface area contributed by atoms with Crippen LogP contribution < -0.4 is 10.6 Å². The molecule has 2 N–H and O–H groups in total. The van der Waals surface area contributed by atoms with Crippen LogP contribution >= 0.6 is 0 Å². The molecular formula is C18H34N2O2. The standard InChI is InChI=1S/C18H34N2O2/c1-17(2)9-14(10-18(3,4)20-17)19-15-7-8-21-12-16(15)22-11-13-5-6-13/h13-16,19-20H,5-12H2,1-4H3. The van der Waals surface area contributed by atoms with E-state index in [2.05, 4.69) is 38.3 Å². The molecule has 0 aromatic heterocycles. The van der Waals surface area contributed by atoms with E-state index in [-0.39, 0.29) is 17.2 Å². The van der Waals surface area contributed by atoms with Crippen LogP contribution in [0.2, 0.25) is 0 Å². The molecular weight excluding hydrogens is 276 g/mol. The minimum absolute atomic E-state index is 0.189. The van der Waals surface area contributed by atoms with Gasteiger partial charge >= 0.3 is 0 Å². The molecule has 0 amide bonds. The molecule has 128 valence electrons. The molecule has 2 unspecified atom stereocenters. The van der Waals surface area contributed by atoms with Crippen molar-refractivity contribution in [2.75, 3.05) is 19.8 Å². The average molecular weight is 310 g/mol. The van der Waals surface area contributed by atoms with E-state index in [0.29, 0.717) is 12.1 Å². The van der Waals surface area contributed by atoms with Crippen LogP contribution in [0.15, 0.2) is 0 Å². The summed E-state index contributed by atoms with van der Waals surface area (Å²) in [5.74, 6) is 0.819. The maximum atomic E-state index is 6.16. The quantitative estimate of drug-likeness (QED) is 0.819. The molecule has 3 aliphatic rings. The zero-order valence-corrected chi connectivity index (χ0v) is 14.8. The number of hydrogen-bond donors (Lipinski definition) is 2. The summed E-state index contributed by atoms with van der Waals surface area (Å²) < 4.78 is 11.8. The van der Waals surface area contributed by atoms with Gasteiger partial charge in [0.05, 0.1) is 12.7 Å². The van der Waals surface area contributed by atoms with Crippen molar-refractivity contribution in [3.05, 3.63) is 0 Å². The summed E-state index contributed by atoms with van der Waals surface area (Å²) in [4.78, 5) is 0. The van der Waals surface area contributed by atoms with Crippen LogP contribution in [0, 0.1) is 5.92 Å². The van der Waals surface area contributed by atoms with Crippen LogP contribution in [-0.4, -0.2) is 49.1 Å². The lowest BCUT2D eigenvalue weighted by atomic mass is 9.79. The van der Waals surface area contributed by atoms with E-state index in [4.69, 9.17) is 9.47 Å². The number of hydrogen-bond acceptors (Lipinski definition) is 4. The molecule has 0 spiro atoms. The first-order chi connectivity index (χ1) is 10.3. The summed E-state index contributed by atoms with van der Waals surface area (Å²) in [7, 11) is 0. The Balaban J connectivity index is 1.56. The Morgan fingerprint density at radius 2 is 1.77 bits per heavy atom. The van der Waals surface area contributed by atoms with Gasteiger partial charge in [0.1, 0.15) is 0 Å². The minimum Gasteiger partial charge on any atom is -0.379 e. The summed E-state index contributed by atoms with van der Waals surface area (Å²) in [6.07, 6.45) is 6.34. The first kappa shape index (κ1) is 16.7. The fourth-order valence-corrected chi connectivity index (χ4v) is 4.35. The molecule has 22 heavy (non-hydrogen) atoms. The maximum Gasteiger partial charge on any atom is 0.0961 e. The number of nitrogens with one attached hydrogen (secondary N) is 2. The third-order valence-electron chi connectivity index (χ3n) is 5.19. The first-order valence-electron chi connectivity index (χ1n) is 9.08. The predicted molar refractivity (Wildman–Crippen MR) is 89.1 cm³/mol. The van der Waals surface area contributed by atoms with Gasteiger partial charge in [-0.15, -0.1) is 0 Å². The Morgan fingerprint density at radius 1 is 1.09 bits per heavy atom. The molecule has 0 aromatic rings. The molecule has 4 nitrogen and oxygen atoms in total. The zero-order chi connectivity index (χ0) is 15.8. The minimum atomic E-state index is 0.189. The Bertz CT molecular complexity index is 363. The van der Waals surface area contributed by atoms with Gasteiger partial charge in [-0.3, -0.25) is 0 Å². The van der Waals surface area contributed by atoms with Gasteiger partial charge in [-0.25, -0.2) is 0 Å². The van der Waals surface area contributed by atoms with E-state index in [0.717, 1.165) is 32.2 Å². The second-order valence-corrected chi connectivity index (χ2v) is 8.95. The van der Waals surface area contributed by atoms with Crippen molar-refractivity contribution in [3.8, 4) is 0 Å². The van der Waals surface area contributed by atoms with Gasteiger partial charge in [-0.1, -0.05) is 0 Å². The third-order valence-corrected chi connectivity index (χ3v) is 5.19. The molecule has 2 heterocycles. The highest BCUT2D eigenvalue weighted by atomic mass is 16.5. The normalized spacial score (nSPS) is 35.5. The van der Waals surface area contributed by atoms with Gasteiger partial charge < -0.3 is 20.1 Å². The van der Waals surface area contributed by atoms with E-state index < -0.39 is 0 Å². The third kappa shape index (κ3) is 4.67. The fraction of sp³-hybridized carbons (Fsp3) is 1.00. The molecule has 2 saturated heterocycles. The highest BCUT2D eigenvalue weighted by Crippen LogP contribution is 2.31. The summed E-state index contributed by atoms with van der Waals surface area (Å²) >= 11 is 0. The van der Waals surface area contributed by atoms with Gasteiger partial charge in [0.2, 0.25) is 0 Å². The summed E-state index contributed by atoms with van der Waals surface area (Å²) in [5, 5.41) is 7.68. The first-order valence-corrected chi connectivity index (χ1v) is 9.08. The van der Waals surface area contributed by atoms with Crippen molar-refractivity contribution in [3.63, 3.8) is 0 Å². The summed E-state index contributed by atoms with van der Waals surface area (Å²) in [6, 6.07) is 1.00. The van der Waals surface area contributed by atoms with Crippen LogP contribution in [0.3, 0.4) is 0 Å². The van der Waals surface area contributed by atoms with Crippen LogP contribution in [0.1, 0.15) is 59.8 Å². The lowest BCUT2D eigenvalue weighted by Crippen LogP contribution is -2.64. The lowest BCUT2D eigenvalue weighted by molar-refractivity contribution is -0.0758. The molecule has 0 radical (unpaired) electrons. The summed E-state index contributed by atoms with van der Waals surface area (Å²) in [5.41, 5.74) is 0.379. The Morgan fingerprint density at radius 3 is 2.41 bits per heavy atom. The SMILES string of the molecule is CC1(C)CC(NC2CCOCC2OCC2CC2)CC(C)(C)N1. The van der Waals surface area contributed by atoms with Gasteiger partial charge in [0.15, 0.2) is 0 Å². The van der Waals surface area contributed by atoms with Gasteiger partial charge in [0.25, 0.3) is 0 Å². The van der Waals surface area contributed by atoms with Crippen LogP contribution in [0.4, 0.5) is 0 Å². The Hall–Kier alpha value is -0.160. The molecule has 2 aliphatic heterocycles. The maximum absolute atomic E-state index is 6.16. The number of ether oxygens (including phenoxy) is 2. The molecule has 3 fully saturated rings. The van der Waals surface area contributed by atoms with Crippen molar-refractivity contribution in [2.45, 2.75) is 89.1 Å². The Labute approximate surface area is 135 Å². The van der Waals surface area contributed by atoms with E-state index in [9.17, 15) is 0 Å². The fourth-order valence-electron chi connectivity index (χ4n) is 4.35. The number of rotatable bonds is 5. The van der Waals surface area contributed by atoms with Crippen molar-refractivity contribution < 1.29 is 9.47 Å². The zero-order valence-electron chi connectivity index (χ0n) is 14.8. The summed E-state index contributed by atoms with van der Waals surface area (Å²) in [6.45, 7) is 11.8. The van der Waals surface area contributed by atoms with Crippen molar-refractivity contribution >= 4 is 0 Å². The average Bonchev–Trinajstić information content (AvgIpc) is 3.18. The molecule has 4 heteroatoms. The van der Waals surface area contributed by atoms with Crippen LogP contribution in [0.25, 0.3) is 0 Å². The van der Waals surface area contributed by atoms with E-state index in [1.807, 2.05) is 0 Å². The predicted octanol–water partition coefficient (Wildman–Crippen LogP) is 2.47. The smallest absolute Gasteiger partial charge is 0.0961 e. The highest BCUT2D eigenvalue weighted by Gasteiger charge is 2.39. The van der Waals surface area contributed by atoms with E-state index in [1.165, 1.54) is 25.7 Å². The highest BCUT2D eigenvalue weighted by molar-refractivity contribution is 5.01. The largest absolute Gasteiger partial charge is 0.379 e. The Kier molecular flexibility index (Phi) is 4.84. The van der Waals surface area contributed by atoms with Gasteiger partial charge in [0, 0.05) is 36.4 Å². The van der Waals surface area contributed by atoms with Crippen molar-refractivity contribution in [1.29, 1.82) is 0 Å². The van der Waals surface area contributed by atoms with E-state index in [1.54, 1.807) is 0 Å². The molecule has 0 aromatic carbocycles. The second kappa shape index (κ2) is 6.39. The monoisotopic (exact) mass is 310 g/mol. The number of piperidine rings is 1. The molecule has 0 bridgehead atoms. The topological polar surface area (TPSA) is 42.5 Å². The van der Waals surface area contributed by atoms with Crippen molar-refractivity contribution in [2.24, 2.45) is 5.92 Å². The molecule has 3 rings (SSSR count). The van der Waals surface area contributed by atoms with Crippen molar-refractivity contribution in [1.82, 2.24) is 10.6 Å². The molecule has 1 saturated carbocycles. The van der Waals surface area contributed by atoms with Gasteiger partial charge in [-0.2, -0.15) is 0 Å². The lowest BCUT2D eigenvalue weighted by Gasteiger charge is -2.48. The second-order valence-electron chi connectivity index (χ2n) is 8.95. The van der Waals surface area contributed by atoms with E-state index >= 15 is 0 Å².